The molecule has 0 aliphatic carbocycles. The van der Waals surface area contributed by atoms with Crippen LogP contribution in [0.2, 0.25) is 0 Å². The van der Waals surface area contributed by atoms with E-state index in [4.69, 9.17) is 13.9 Å². The molecule has 0 saturated carbocycles. The molecule has 0 spiro atoms. The lowest BCUT2D eigenvalue weighted by Gasteiger charge is -2.17. The van der Waals surface area contributed by atoms with E-state index in [1.807, 2.05) is 60.7 Å². The maximum Gasteiger partial charge on any atom is 0.379 e. The van der Waals surface area contributed by atoms with E-state index in [0.29, 0.717) is 5.56 Å². The van der Waals surface area contributed by atoms with Crippen molar-refractivity contribution in [3.63, 3.8) is 0 Å². The van der Waals surface area contributed by atoms with Crippen LogP contribution in [0.15, 0.2) is 108 Å². The molecule has 3 aromatic carbocycles. The lowest BCUT2D eigenvalue weighted by atomic mass is 9.91. The first-order chi connectivity index (χ1) is 16.1. The molecule has 0 radical (unpaired) electrons. The van der Waals surface area contributed by atoms with Crippen molar-refractivity contribution in [1.82, 2.24) is 0 Å². The predicted molar refractivity (Wildman–Crippen MR) is 120 cm³/mol. The van der Waals surface area contributed by atoms with E-state index in [-0.39, 0.29) is 17.3 Å². The third-order valence-corrected chi connectivity index (χ3v) is 4.96. The lowest BCUT2D eigenvalue weighted by molar-refractivity contribution is -0.143. The molecule has 1 heterocycles. The zero-order valence-corrected chi connectivity index (χ0v) is 17.5. The summed E-state index contributed by atoms with van der Waals surface area (Å²) < 4.78 is 15.6. The standard InChI is InChI=1S/C27H20O6/c28-23(19-13-15-22(16-14-19)33-26(29)24-12-7-17-31-24)18-32-27(30)25(20-8-3-1-4-9-20)21-10-5-2-6-11-21/h1-17,25H,18H2. The van der Waals surface area contributed by atoms with Crippen molar-refractivity contribution in [2.75, 3.05) is 6.61 Å². The Kier molecular flexibility index (Phi) is 6.75. The van der Waals surface area contributed by atoms with E-state index in [9.17, 15) is 14.4 Å². The molecule has 1 aromatic heterocycles. The normalized spacial score (nSPS) is 10.6. The smallest absolute Gasteiger partial charge is 0.379 e. The molecule has 4 rings (SSSR count). The number of furan rings is 1. The van der Waals surface area contributed by atoms with Crippen molar-refractivity contribution < 1.29 is 28.3 Å². The third kappa shape index (κ3) is 5.43. The number of ether oxygens (including phenoxy) is 2. The van der Waals surface area contributed by atoms with Crippen LogP contribution in [-0.4, -0.2) is 24.3 Å². The van der Waals surface area contributed by atoms with Crippen molar-refractivity contribution in [1.29, 1.82) is 0 Å². The van der Waals surface area contributed by atoms with E-state index in [2.05, 4.69) is 0 Å². The molecule has 0 saturated heterocycles. The summed E-state index contributed by atoms with van der Waals surface area (Å²) in [5.41, 5.74) is 1.89. The third-order valence-electron chi connectivity index (χ3n) is 4.96. The van der Waals surface area contributed by atoms with Crippen molar-refractivity contribution >= 4 is 17.7 Å². The van der Waals surface area contributed by atoms with Gasteiger partial charge in [0.2, 0.25) is 5.76 Å². The van der Waals surface area contributed by atoms with E-state index in [1.54, 1.807) is 6.07 Å². The number of hydrogen-bond donors (Lipinski definition) is 0. The zero-order valence-electron chi connectivity index (χ0n) is 17.5. The molecular formula is C27H20O6. The minimum Gasteiger partial charge on any atom is -0.457 e. The summed E-state index contributed by atoms with van der Waals surface area (Å²) in [7, 11) is 0. The highest BCUT2D eigenvalue weighted by atomic mass is 16.5. The number of carbonyl (C=O) groups excluding carboxylic acids is 3. The van der Waals surface area contributed by atoms with Gasteiger partial charge in [-0.05, 0) is 47.5 Å². The Hall–Kier alpha value is -4.45. The van der Waals surface area contributed by atoms with Crippen molar-refractivity contribution in [2.45, 2.75) is 5.92 Å². The number of carbonyl (C=O) groups is 3. The second kappa shape index (κ2) is 10.2. The Morgan fingerprint density at radius 3 is 1.88 bits per heavy atom. The zero-order chi connectivity index (χ0) is 23.0. The molecule has 0 aliphatic heterocycles. The number of hydrogen-bond acceptors (Lipinski definition) is 6. The highest BCUT2D eigenvalue weighted by Crippen LogP contribution is 2.26. The second-order valence-corrected chi connectivity index (χ2v) is 7.18. The Balaban J connectivity index is 1.40. The van der Waals surface area contributed by atoms with Crippen molar-refractivity contribution in [3.05, 3.63) is 126 Å². The van der Waals surface area contributed by atoms with Gasteiger partial charge < -0.3 is 13.9 Å². The molecule has 0 N–H and O–H groups in total. The molecule has 164 valence electrons. The van der Waals surface area contributed by atoms with Crippen molar-refractivity contribution in [3.8, 4) is 5.75 Å². The summed E-state index contributed by atoms with van der Waals surface area (Å²) in [4.78, 5) is 37.4. The van der Waals surface area contributed by atoms with Gasteiger partial charge in [-0.1, -0.05) is 60.7 Å². The average Bonchev–Trinajstić information content (AvgIpc) is 3.40. The molecule has 0 aliphatic rings. The van der Waals surface area contributed by atoms with Gasteiger partial charge in [-0.25, -0.2) is 4.79 Å². The average molecular weight is 440 g/mol. The van der Waals surface area contributed by atoms with Crippen LogP contribution < -0.4 is 4.74 Å². The van der Waals surface area contributed by atoms with E-state index < -0.39 is 24.5 Å². The molecule has 0 fully saturated rings. The van der Waals surface area contributed by atoms with Gasteiger partial charge in [0, 0.05) is 5.56 Å². The van der Waals surface area contributed by atoms with Gasteiger partial charge >= 0.3 is 11.9 Å². The molecular weight excluding hydrogens is 420 g/mol. The van der Waals surface area contributed by atoms with E-state index >= 15 is 0 Å². The fourth-order valence-corrected chi connectivity index (χ4v) is 3.32. The highest BCUT2D eigenvalue weighted by molar-refractivity contribution is 5.98. The number of ketones is 1. The van der Waals surface area contributed by atoms with Gasteiger partial charge in [-0.2, -0.15) is 0 Å². The van der Waals surface area contributed by atoms with Crippen LogP contribution in [0.4, 0.5) is 0 Å². The monoisotopic (exact) mass is 440 g/mol. The van der Waals surface area contributed by atoms with Gasteiger partial charge in [0.15, 0.2) is 12.4 Å². The maximum absolute atomic E-state index is 12.9. The van der Waals surface area contributed by atoms with Crippen LogP contribution in [0.25, 0.3) is 0 Å². The van der Waals surface area contributed by atoms with Crippen LogP contribution in [0.3, 0.4) is 0 Å². The molecule has 0 unspecified atom stereocenters. The SMILES string of the molecule is O=C(COC(=O)C(c1ccccc1)c1ccccc1)c1ccc(OC(=O)c2ccco2)cc1. The number of esters is 2. The minimum absolute atomic E-state index is 0.0773. The summed E-state index contributed by atoms with van der Waals surface area (Å²) in [6.45, 7) is -0.402. The number of rotatable bonds is 8. The van der Waals surface area contributed by atoms with Crippen LogP contribution in [-0.2, 0) is 9.53 Å². The molecule has 4 aromatic rings. The molecule has 33 heavy (non-hydrogen) atoms. The van der Waals surface area contributed by atoms with Gasteiger partial charge in [0.25, 0.3) is 0 Å². The maximum atomic E-state index is 12.9. The van der Waals surface area contributed by atoms with Crippen LogP contribution in [0.5, 0.6) is 5.75 Å². The molecule has 0 bridgehead atoms. The van der Waals surface area contributed by atoms with Crippen LogP contribution >= 0.6 is 0 Å². The fourth-order valence-electron chi connectivity index (χ4n) is 3.32. The molecule has 0 atom stereocenters. The first-order valence-electron chi connectivity index (χ1n) is 10.3. The second-order valence-electron chi connectivity index (χ2n) is 7.18. The van der Waals surface area contributed by atoms with Gasteiger partial charge in [0.1, 0.15) is 11.7 Å². The Morgan fingerprint density at radius 2 is 1.33 bits per heavy atom. The Morgan fingerprint density at radius 1 is 0.727 bits per heavy atom. The topological polar surface area (TPSA) is 82.8 Å². The minimum atomic E-state index is -0.638. The quantitative estimate of drug-likeness (QED) is 0.216. The Bertz CT molecular complexity index is 1170. The van der Waals surface area contributed by atoms with E-state index in [0.717, 1.165) is 11.1 Å². The van der Waals surface area contributed by atoms with Crippen molar-refractivity contribution in [2.24, 2.45) is 0 Å². The Labute approximate surface area is 190 Å². The summed E-state index contributed by atoms with van der Waals surface area (Å²) in [6.07, 6.45) is 1.37. The summed E-state index contributed by atoms with van der Waals surface area (Å²) in [5.74, 6) is -1.81. The first-order valence-corrected chi connectivity index (χ1v) is 10.3. The fraction of sp³-hybridized carbons (Fsp3) is 0.0741. The number of benzene rings is 3. The highest BCUT2D eigenvalue weighted by Gasteiger charge is 2.25. The van der Waals surface area contributed by atoms with Crippen LogP contribution in [0, 0.1) is 0 Å². The molecule has 6 heteroatoms. The van der Waals surface area contributed by atoms with Gasteiger partial charge in [-0.15, -0.1) is 0 Å². The van der Waals surface area contributed by atoms with Gasteiger partial charge in [-0.3, -0.25) is 9.59 Å². The number of Topliss-reactive ketones (excluding diaryl/α,β-unsaturated/α-hetero) is 1. The first kappa shape index (κ1) is 21.8. The predicted octanol–water partition coefficient (Wildman–Crippen LogP) is 5.06. The lowest BCUT2D eigenvalue weighted by Crippen LogP contribution is -2.21. The largest absolute Gasteiger partial charge is 0.457 e. The van der Waals surface area contributed by atoms with Gasteiger partial charge in [0.05, 0.1) is 6.26 Å². The summed E-state index contributed by atoms with van der Waals surface area (Å²) >= 11 is 0. The molecule has 6 nitrogen and oxygen atoms in total. The summed E-state index contributed by atoms with van der Waals surface area (Å²) in [6, 6.07) is 27.6. The summed E-state index contributed by atoms with van der Waals surface area (Å²) in [5, 5.41) is 0. The van der Waals surface area contributed by atoms with Crippen LogP contribution in [0.1, 0.15) is 38.0 Å². The molecule has 0 amide bonds. The van der Waals surface area contributed by atoms with E-state index in [1.165, 1.54) is 36.6 Å².